The van der Waals surface area contributed by atoms with Crippen molar-refractivity contribution < 1.29 is 18.8 Å². The van der Waals surface area contributed by atoms with Crippen molar-refractivity contribution in [2.45, 2.75) is 44.4 Å². The number of carbonyl (C=O) groups is 2. The summed E-state index contributed by atoms with van der Waals surface area (Å²) >= 11 is 0. The first-order chi connectivity index (χ1) is 14.5. The van der Waals surface area contributed by atoms with Gasteiger partial charge in [0.2, 0.25) is 11.8 Å². The van der Waals surface area contributed by atoms with E-state index in [-0.39, 0.29) is 24.0 Å². The molecule has 4 heterocycles. The van der Waals surface area contributed by atoms with Crippen molar-refractivity contribution in [3.05, 3.63) is 59.9 Å². The van der Waals surface area contributed by atoms with E-state index in [9.17, 15) is 9.59 Å². The van der Waals surface area contributed by atoms with E-state index < -0.39 is 17.4 Å². The average Bonchev–Trinajstić information content (AvgIpc) is 3.48. The summed E-state index contributed by atoms with van der Waals surface area (Å²) in [6.07, 6.45) is 5.22. The number of fused-ring (bicyclic) bond motifs is 1. The zero-order valence-electron chi connectivity index (χ0n) is 17.1. The van der Waals surface area contributed by atoms with Crippen LogP contribution in [0.3, 0.4) is 0 Å². The zero-order valence-corrected chi connectivity index (χ0v) is 17.1. The van der Waals surface area contributed by atoms with Gasteiger partial charge in [0.15, 0.2) is 5.82 Å². The highest BCUT2D eigenvalue weighted by atomic mass is 16.5. The standard InChI is InChI=1S/C23H25N3O4/c1-14(8-9-16-6-4-3-5-7-16)24-21(27)19-17-10-11-23(29-17)13-26(22(28)20(19)23)18-12-15(2)30-25-18/h3-7,10-12,14,17,19-20H,8-9,13H2,1-2H3,(H,24,27)/t14-,17+,19+,20-,23+/m0/s1. The minimum Gasteiger partial charge on any atom is -0.360 e. The van der Waals surface area contributed by atoms with E-state index in [1.165, 1.54) is 5.56 Å². The van der Waals surface area contributed by atoms with Crippen molar-refractivity contribution >= 4 is 17.6 Å². The van der Waals surface area contributed by atoms with Crippen molar-refractivity contribution in [1.82, 2.24) is 10.5 Å². The Hall–Kier alpha value is -2.93. The molecule has 0 radical (unpaired) electrons. The van der Waals surface area contributed by atoms with E-state index >= 15 is 0 Å². The fourth-order valence-corrected chi connectivity index (χ4v) is 4.91. The molecule has 1 aromatic carbocycles. The Morgan fingerprint density at radius 3 is 2.90 bits per heavy atom. The number of ether oxygens (including phenoxy) is 1. The lowest BCUT2D eigenvalue weighted by Gasteiger charge is -2.25. The van der Waals surface area contributed by atoms with E-state index in [2.05, 4.69) is 22.6 Å². The Morgan fingerprint density at radius 2 is 2.17 bits per heavy atom. The van der Waals surface area contributed by atoms with E-state index in [0.717, 1.165) is 12.8 Å². The van der Waals surface area contributed by atoms with E-state index in [4.69, 9.17) is 9.26 Å². The van der Waals surface area contributed by atoms with E-state index in [1.807, 2.05) is 37.3 Å². The fourth-order valence-electron chi connectivity index (χ4n) is 4.91. The zero-order chi connectivity index (χ0) is 20.9. The molecule has 2 saturated heterocycles. The first-order valence-electron chi connectivity index (χ1n) is 10.4. The third-order valence-corrected chi connectivity index (χ3v) is 6.39. The Labute approximate surface area is 175 Å². The number of aromatic nitrogens is 1. The molecule has 0 unspecified atom stereocenters. The molecule has 0 aliphatic carbocycles. The lowest BCUT2D eigenvalue weighted by molar-refractivity contribution is -0.132. The van der Waals surface area contributed by atoms with Crippen molar-refractivity contribution in [2.24, 2.45) is 11.8 Å². The number of hydrogen-bond donors (Lipinski definition) is 1. The molecule has 7 heteroatoms. The van der Waals surface area contributed by atoms with Crippen LogP contribution in [0.5, 0.6) is 0 Å². The molecular weight excluding hydrogens is 382 g/mol. The van der Waals surface area contributed by atoms with Crippen molar-refractivity contribution in [3.8, 4) is 0 Å². The van der Waals surface area contributed by atoms with Crippen LogP contribution in [0.15, 0.2) is 53.1 Å². The molecule has 30 heavy (non-hydrogen) atoms. The highest BCUT2D eigenvalue weighted by Gasteiger charge is 2.67. The Bertz CT molecular complexity index is 1000. The molecule has 156 valence electrons. The summed E-state index contributed by atoms with van der Waals surface area (Å²) in [5.74, 6) is -0.215. The molecule has 5 atom stereocenters. The van der Waals surface area contributed by atoms with Crippen molar-refractivity contribution in [2.75, 3.05) is 11.4 Å². The lowest BCUT2D eigenvalue weighted by atomic mass is 9.76. The average molecular weight is 407 g/mol. The maximum absolute atomic E-state index is 13.2. The molecule has 3 aliphatic heterocycles. The van der Waals surface area contributed by atoms with Gasteiger partial charge in [0.25, 0.3) is 0 Å². The van der Waals surface area contributed by atoms with Crippen LogP contribution in [0.4, 0.5) is 5.82 Å². The normalized spacial score (nSPS) is 30.0. The second-order valence-electron chi connectivity index (χ2n) is 8.55. The number of nitrogens with zero attached hydrogens (tertiary/aromatic N) is 2. The molecule has 2 aromatic rings. The molecule has 5 rings (SSSR count). The largest absolute Gasteiger partial charge is 0.360 e. The van der Waals surface area contributed by atoms with Crippen LogP contribution in [0.1, 0.15) is 24.7 Å². The maximum atomic E-state index is 13.2. The van der Waals surface area contributed by atoms with Crippen LogP contribution in [0, 0.1) is 18.8 Å². The lowest BCUT2D eigenvalue weighted by Crippen LogP contribution is -2.46. The van der Waals surface area contributed by atoms with E-state index in [0.29, 0.717) is 18.1 Å². The van der Waals surface area contributed by atoms with Gasteiger partial charge >= 0.3 is 0 Å². The molecule has 7 nitrogen and oxygen atoms in total. The number of carbonyl (C=O) groups excluding carboxylic acids is 2. The van der Waals surface area contributed by atoms with Gasteiger partial charge in [-0.1, -0.05) is 47.6 Å². The molecule has 3 aliphatic rings. The van der Waals surface area contributed by atoms with Gasteiger partial charge in [-0.3, -0.25) is 14.5 Å². The van der Waals surface area contributed by atoms with Gasteiger partial charge in [0.05, 0.1) is 24.5 Å². The number of amides is 2. The summed E-state index contributed by atoms with van der Waals surface area (Å²) in [6.45, 7) is 4.13. The van der Waals surface area contributed by atoms with E-state index in [1.54, 1.807) is 17.9 Å². The predicted molar refractivity (Wildman–Crippen MR) is 110 cm³/mol. The first-order valence-corrected chi connectivity index (χ1v) is 10.4. The predicted octanol–water partition coefficient (Wildman–Crippen LogP) is 2.41. The molecule has 1 aromatic heterocycles. The van der Waals surface area contributed by atoms with Crippen LogP contribution in [-0.2, 0) is 20.7 Å². The summed E-state index contributed by atoms with van der Waals surface area (Å²) in [5.41, 5.74) is 0.484. The van der Waals surface area contributed by atoms with Gasteiger partial charge in [-0.15, -0.1) is 0 Å². The number of nitrogens with one attached hydrogen (secondary N) is 1. The van der Waals surface area contributed by atoms with Gasteiger partial charge in [-0.05, 0) is 32.3 Å². The minimum atomic E-state index is -0.760. The molecule has 1 N–H and O–H groups in total. The molecule has 2 bridgehead atoms. The fraction of sp³-hybridized carbons (Fsp3) is 0.435. The number of benzene rings is 1. The van der Waals surface area contributed by atoms with Crippen molar-refractivity contribution in [1.29, 1.82) is 0 Å². The SMILES string of the molecule is Cc1cc(N2C[C@@]34C=C[C@@H](O3)[C@@H](C(=O)N[C@@H](C)CCc3ccccc3)[C@H]4C2=O)no1. The molecular formula is C23H25N3O4. The van der Waals surface area contributed by atoms with Gasteiger partial charge < -0.3 is 14.6 Å². The summed E-state index contributed by atoms with van der Waals surface area (Å²) in [4.78, 5) is 28.0. The summed E-state index contributed by atoms with van der Waals surface area (Å²) < 4.78 is 11.3. The third-order valence-electron chi connectivity index (χ3n) is 6.39. The van der Waals surface area contributed by atoms with Crippen LogP contribution < -0.4 is 10.2 Å². The van der Waals surface area contributed by atoms with Crippen LogP contribution in [-0.4, -0.2) is 41.3 Å². The maximum Gasteiger partial charge on any atom is 0.235 e. The third kappa shape index (κ3) is 3.04. The highest BCUT2D eigenvalue weighted by Crippen LogP contribution is 2.52. The molecule has 2 amide bonds. The number of anilines is 1. The van der Waals surface area contributed by atoms with Gasteiger partial charge in [-0.2, -0.15) is 0 Å². The summed E-state index contributed by atoms with van der Waals surface area (Å²) in [7, 11) is 0. The second-order valence-corrected chi connectivity index (χ2v) is 8.55. The molecule has 0 saturated carbocycles. The Morgan fingerprint density at radius 1 is 1.37 bits per heavy atom. The topological polar surface area (TPSA) is 84.7 Å². The van der Waals surface area contributed by atoms with Gasteiger partial charge in [0.1, 0.15) is 11.4 Å². The monoisotopic (exact) mass is 407 g/mol. The van der Waals surface area contributed by atoms with Crippen LogP contribution in [0.2, 0.25) is 0 Å². The quantitative estimate of drug-likeness (QED) is 0.744. The van der Waals surface area contributed by atoms with Gasteiger partial charge in [-0.25, -0.2) is 0 Å². The molecule has 2 fully saturated rings. The highest BCUT2D eigenvalue weighted by molar-refractivity contribution is 6.02. The Balaban J connectivity index is 1.28. The van der Waals surface area contributed by atoms with Crippen LogP contribution >= 0.6 is 0 Å². The summed E-state index contributed by atoms with van der Waals surface area (Å²) in [6, 6.07) is 11.9. The number of hydrogen-bond acceptors (Lipinski definition) is 5. The smallest absolute Gasteiger partial charge is 0.235 e. The first kappa shape index (κ1) is 19.1. The minimum absolute atomic E-state index is 0.00237. The molecule has 1 spiro atoms. The summed E-state index contributed by atoms with van der Waals surface area (Å²) in [5, 5.41) is 7.08. The number of rotatable bonds is 6. The van der Waals surface area contributed by atoms with Crippen molar-refractivity contribution in [3.63, 3.8) is 0 Å². The van der Waals surface area contributed by atoms with Crippen LogP contribution in [0.25, 0.3) is 0 Å². The Kier molecular flexibility index (Phi) is 4.50. The van der Waals surface area contributed by atoms with Gasteiger partial charge in [0, 0.05) is 12.1 Å². The second kappa shape index (κ2) is 7.09. The number of aryl methyl sites for hydroxylation is 2.